The molecule has 0 saturated carbocycles. The summed E-state index contributed by atoms with van der Waals surface area (Å²) in [5.41, 5.74) is 4.02. The molecule has 0 rings (SSSR count). The monoisotopic (exact) mass is 169 g/mol. The molecule has 0 atom stereocenters. The van der Waals surface area contributed by atoms with Crippen LogP contribution in [0.5, 0.6) is 0 Å². The van der Waals surface area contributed by atoms with Crippen LogP contribution in [0.25, 0.3) is 0 Å². The highest BCUT2D eigenvalue weighted by Crippen LogP contribution is 2.21. The first-order chi connectivity index (χ1) is 4.81. The van der Waals surface area contributed by atoms with Crippen molar-refractivity contribution in [2.45, 2.75) is 12.6 Å². The van der Waals surface area contributed by atoms with E-state index >= 15 is 0 Å². The lowest BCUT2D eigenvalue weighted by molar-refractivity contribution is -0.132. The van der Waals surface area contributed by atoms with Gasteiger partial charge in [0.15, 0.2) is 0 Å². The van der Waals surface area contributed by atoms with Gasteiger partial charge in [0.1, 0.15) is 0 Å². The van der Waals surface area contributed by atoms with E-state index in [2.05, 4.69) is 0 Å². The van der Waals surface area contributed by atoms with E-state index in [1.165, 1.54) is 0 Å². The summed E-state index contributed by atoms with van der Waals surface area (Å²) in [7, 11) is 0. The summed E-state index contributed by atoms with van der Waals surface area (Å²) in [5.74, 6) is -1.48. The van der Waals surface area contributed by atoms with Crippen molar-refractivity contribution in [3.8, 4) is 0 Å². The maximum atomic E-state index is 11.4. The summed E-state index contributed by atoms with van der Waals surface area (Å²) < 4.78 is 34.3. The van der Waals surface area contributed by atoms with E-state index in [4.69, 9.17) is 10.8 Å². The number of nitrogens with two attached hydrogens (primary N) is 1. The Balaban J connectivity index is 4.07. The van der Waals surface area contributed by atoms with E-state index in [0.29, 0.717) is 6.08 Å². The highest BCUT2D eigenvalue weighted by molar-refractivity contribution is 5.80. The lowest BCUT2D eigenvalue weighted by Crippen LogP contribution is -2.14. The second-order valence-corrected chi connectivity index (χ2v) is 1.85. The zero-order valence-electron chi connectivity index (χ0n) is 5.35. The quantitative estimate of drug-likeness (QED) is 0.602. The molecule has 0 spiro atoms. The fraction of sp³-hybridized carbons (Fsp3) is 0.400. The molecule has 3 N–H and O–H groups in total. The normalized spacial score (nSPS) is 13.2. The number of allylic oxidation sites excluding steroid dienone is 1. The molecule has 0 aromatic rings. The molecule has 0 bridgehead atoms. The fourth-order valence-corrected chi connectivity index (χ4v) is 0.441. The Morgan fingerprint density at radius 3 is 2.27 bits per heavy atom. The maximum absolute atomic E-state index is 11.4. The number of carboxylic acid groups (broad SMARTS) is 1. The molecule has 0 aliphatic rings. The molecule has 0 amide bonds. The number of aliphatic carboxylic acids is 1. The van der Waals surface area contributed by atoms with Gasteiger partial charge in [-0.15, -0.1) is 0 Å². The van der Waals surface area contributed by atoms with E-state index in [-0.39, 0.29) is 0 Å². The van der Waals surface area contributed by atoms with Crippen LogP contribution in [-0.2, 0) is 4.79 Å². The molecule has 0 saturated heterocycles. The third-order valence-corrected chi connectivity index (χ3v) is 0.713. The van der Waals surface area contributed by atoms with E-state index in [0.717, 1.165) is 0 Å². The highest BCUT2D eigenvalue weighted by Gasteiger charge is 2.28. The smallest absolute Gasteiger partial charge is 0.394 e. The van der Waals surface area contributed by atoms with E-state index in [1.807, 2.05) is 0 Å². The molecule has 6 heteroatoms. The van der Waals surface area contributed by atoms with Crippen LogP contribution in [0.3, 0.4) is 0 Å². The SMILES string of the molecule is N/C(=C/C(=O)O)CC(F)(F)F. The van der Waals surface area contributed by atoms with Gasteiger partial charge in [-0.25, -0.2) is 4.79 Å². The predicted octanol–water partition coefficient (Wildman–Crippen LogP) is 0.866. The van der Waals surface area contributed by atoms with Gasteiger partial charge >= 0.3 is 12.1 Å². The molecule has 0 aliphatic carbocycles. The van der Waals surface area contributed by atoms with Crippen molar-refractivity contribution in [3.63, 3.8) is 0 Å². The van der Waals surface area contributed by atoms with Gasteiger partial charge in [0, 0.05) is 11.8 Å². The number of hydrogen-bond donors (Lipinski definition) is 2. The average molecular weight is 169 g/mol. The van der Waals surface area contributed by atoms with Crippen molar-refractivity contribution in [1.82, 2.24) is 0 Å². The van der Waals surface area contributed by atoms with Gasteiger partial charge in [-0.1, -0.05) is 0 Å². The van der Waals surface area contributed by atoms with Gasteiger partial charge in [-0.05, 0) is 0 Å². The lowest BCUT2D eigenvalue weighted by atomic mass is 10.3. The molecular weight excluding hydrogens is 163 g/mol. The van der Waals surface area contributed by atoms with Crippen molar-refractivity contribution >= 4 is 5.97 Å². The number of carbonyl (C=O) groups is 1. The third kappa shape index (κ3) is 6.69. The van der Waals surface area contributed by atoms with E-state index < -0.39 is 24.3 Å². The predicted molar refractivity (Wildman–Crippen MR) is 30.6 cm³/mol. The fourth-order valence-electron chi connectivity index (χ4n) is 0.441. The second-order valence-electron chi connectivity index (χ2n) is 1.85. The summed E-state index contributed by atoms with van der Waals surface area (Å²) in [4.78, 5) is 9.77. The molecule has 11 heavy (non-hydrogen) atoms. The number of halogens is 3. The summed E-state index contributed by atoms with van der Waals surface area (Å²) in [6.07, 6.45) is -5.51. The lowest BCUT2D eigenvalue weighted by Gasteiger charge is -2.04. The first kappa shape index (κ1) is 9.80. The van der Waals surface area contributed by atoms with Crippen LogP contribution in [0, 0.1) is 0 Å². The Hall–Kier alpha value is -1.20. The third-order valence-electron chi connectivity index (χ3n) is 0.713. The second kappa shape index (κ2) is 3.27. The van der Waals surface area contributed by atoms with Crippen molar-refractivity contribution in [2.24, 2.45) is 5.73 Å². The van der Waals surface area contributed by atoms with Gasteiger partial charge in [0.05, 0.1) is 6.42 Å². The minimum absolute atomic E-state index is 0.327. The maximum Gasteiger partial charge on any atom is 0.394 e. The van der Waals surface area contributed by atoms with Crippen molar-refractivity contribution in [3.05, 3.63) is 11.8 Å². The Morgan fingerprint density at radius 2 is 2.00 bits per heavy atom. The molecule has 0 aromatic heterocycles. The van der Waals surface area contributed by atoms with Crippen LogP contribution in [-0.4, -0.2) is 17.3 Å². The van der Waals surface area contributed by atoms with Crippen LogP contribution in [0.2, 0.25) is 0 Å². The van der Waals surface area contributed by atoms with E-state index in [9.17, 15) is 18.0 Å². The number of carboxylic acids is 1. The summed E-state index contributed by atoms with van der Waals surface area (Å²) in [6, 6.07) is 0. The van der Waals surface area contributed by atoms with Crippen LogP contribution in [0.4, 0.5) is 13.2 Å². The Kier molecular flexibility index (Phi) is 2.91. The summed E-state index contributed by atoms with van der Waals surface area (Å²) >= 11 is 0. The number of alkyl halides is 3. The Morgan fingerprint density at radius 1 is 1.55 bits per heavy atom. The molecule has 0 heterocycles. The van der Waals surface area contributed by atoms with Gasteiger partial charge in [-0.2, -0.15) is 13.2 Å². The molecule has 64 valence electrons. The molecule has 3 nitrogen and oxygen atoms in total. The van der Waals surface area contributed by atoms with E-state index in [1.54, 1.807) is 0 Å². The first-order valence-electron chi connectivity index (χ1n) is 2.57. The van der Waals surface area contributed by atoms with Crippen LogP contribution >= 0.6 is 0 Å². The molecule has 0 aliphatic heterocycles. The average Bonchev–Trinajstić information content (AvgIpc) is 1.53. The van der Waals surface area contributed by atoms with Crippen LogP contribution < -0.4 is 5.73 Å². The van der Waals surface area contributed by atoms with Crippen LogP contribution in [0.1, 0.15) is 6.42 Å². The largest absolute Gasteiger partial charge is 0.478 e. The topological polar surface area (TPSA) is 63.3 Å². The zero-order valence-corrected chi connectivity index (χ0v) is 5.35. The molecule has 0 aromatic carbocycles. The van der Waals surface area contributed by atoms with Gasteiger partial charge in [-0.3, -0.25) is 0 Å². The molecule has 0 fully saturated rings. The number of rotatable bonds is 2. The minimum Gasteiger partial charge on any atom is -0.478 e. The molecule has 0 radical (unpaired) electrons. The first-order valence-corrected chi connectivity index (χ1v) is 2.57. The zero-order chi connectivity index (χ0) is 9.07. The van der Waals surface area contributed by atoms with Crippen LogP contribution in [0.15, 0.2) is 11.8 Å². The summed E-state index contributed by atoms with van der Waals surface area (Å²) in [6.45, 7) is 0. The Bertz CT molecular complexity index is 185. The van der Waals surface area contributed by atoms with Gasteiger partial charge < -0.3 is 10.8 Å². The van der Waals surface area contributed by atoms with Gasteiger partial charge in [0.2, 0.25) is 0 Å². The molecular formula is C5H6F3NO2. The van der Waals surface area contributed by atoms with Crippen molar-refractivity contribution < 1.29 is 23.1 Å². The summed E-state index contributed by atoms with van der Waals surface area (Å²) in [5, 5.41) is 7.96. The highest BCUT2D eigenvalue weighted by atomic mass is 19.4. The molecule has 0 unspecified atom stereocenters. The van der Waals surface area contributed by atoms with Crippen molar-refractivity contribution in [2.75, 3.05) is 0 Å². The minimum atomic E-state index is -4.45. The van der Waals surface area contributed by atoms with Crippen molar-refractivity contribution in [1.29, 1.82) is 0 Å². The standard InChI is InChI=1S/C5H6F3NO2/c6-5(7,8)2-3(9)1-4(10)11/h1H,2,9H2,(H,10,11)/b3-1+. The Labute approximate surface area is 60.3 Å². The van der Waals surface area contributed by atoms with Gasteiger partial charge in [0.25, 0.3) is 0 Å². The number of hydrogen-bond acceptors (Lipinski definition) is 2.